The van der Waals surface area contributed by atoms with Gasteiger partial charge in [-0.25, -0.2) is 19.7 Å². The lowest BCUT2D eigenvalue weighted by Gasteiger charge is -2.37. The van der Waals surface area contributed by atoms with Gasteiger partial charge in [0.2, 0.25) is 0 Å². The maximum Gasteiger partial charge on any atom is 0.329 e. The molecule has 1 amide bonds. The first-order valence-corrected chi connectivity index (χ1v) is 13.9. The van der Waals surface area contributed by atoms with Crippen molar-refractivity contribution in [3.8, 4) is 11.4 Å². The third kappa shape index (κ3) is 5.00. The van der Waals surface area contributed by atoms with Crippen molar-refractivity contribution >= 4 is 34.6 Å². The molecule has 2 N–H and O–H groups in total. The van der Waals surface area contributed by atoms with Crippen LogP contribution in [0, 0.1) is 0 Å². The number of thiazole rings is 1. The van der Waals surface area contributed by atoms with Crippen molar-refractivity contribution < 1.29 is 9.53 Å². The average molecular weight is 561 g/mol. The second-order valence-electron chi connectivity index (χ2n) is 9.82. The van der Waals surface area contributed by atoms with E-state index in [4.69, 9.17) is 14.7 Å². The molecule has 5 heterocycles. The molecule has 3 aromatic heterocycles. The minimum atomic E-state index is -0.499. The van der Waals surface area contributed by atoms with Crippen molar-refractivity contribution in [2.45, 2.75) is 25.9 Å². The summed E-state index contributed by atoms with van der Waals surface area (Å²) in [6.45, 7) is 5.04. The van der Waals surface area contributed by atoms with Gasteiger partial charge in [-0.1, -0.05) is 0 Å². The number of hydrogen-bond acceptors (Lipinski definition) is 10. The van der Waals surface area contributed by atoms with Crippen LogP contribution in [0.2, 0.25) is 0 Å². The minimum absolute atomic E-state index is 0.0914. The van der Waals surface area contributed by atoms with E-state index in [1.165, 1.54) is 24.5 Å². The van der Waals surface area contributed by atoms with Crippen molar-refractivity contribution in [1.29, 1.82) is 0 Å². The first kappa shape index (κ1) is 25.9. The molecule has 1 saturated heterocycles. The molecule has 1 aromatic carbocycles. The molecule has 0 saturated carbocycles. The number of nitrogens with one attached hydrogen (secondary N) is 2. The highest BCUT2D eigenvalue weighted by molar-refractivity contribution is 7.11. The van der Waals surface area contributed by atoms with Crippen LogP contribution in [0.15, 0.2) is 51.5 Å². The van der Waals surface area contributed by atoms with Gasteiger partial charge in [0, 0.05) is 54.6 Å². The molecule has 1 fully saturated rings. The predicted molar refractivity (Wildman–Crippen MR) is 151 cm³/mol. The quantitative estimate of drug-likeness (QED) is 0.376. The number of benzene rings is 1. The van der Waals surface area contributed by atoms with Gasteiger partial charge in [0.05, 0.1) is 31.5 Å². The Kier molecular flexibility index (Phi) is 6.90. The standard InChI is InChI=1S/C27H28N8O4S/c1-16-15-39-11-10-35(16)24-19-7-9-34(26(37)25-28-8-12-40-25)14-20(19)30-23(32-24)17-3-5-18(6-4-17)29-21-13-22(36)33(2)27(38)31-21/h3-6,8,12-13,16,29H,7,9-11,14-15H2,1-2H3,(H,31,38)/t16-/m0/s1. The van der Waals surface area contributed by atoms with Crippen LogP contribution >= 0.6 is 11.3 Å². The Balaban J connectivity index is 1.33. The smallest absolute Gasteiger partial charge is 0.329 e. The predicted octanol–water partition coefficient (Wildman–Crippen LogP) is 2.15. The molecule has 12 nitrogen and oxygen atoms in total. The third-order valence-electron chi connectivity index (χ3n) is 7.15. The highest BCUT2D eigenvalue weighted by Gasteiger charge is 2.31. The van der Waals surface area contributed by atoms with E-state index >= 15 is 0 Å². The van der Waals surface area contributed by atoms with Gasteiger partial charge in [-0.3, -0.25) is 19.1 Å². The summed E-state index contributed by atoms with van der Waals surface area (Å²) in [7, 11) is 1.42. The number of nitrogens with zero attached hydrogens (tertiary/aromatic N) is 6. The number of fused-ring (bicyclic) bond motifs is 1. The molecule has 13 heteroatoms. The number of amides is 1. The zero-order valence-electron chi connectivity index (χ0n) is 22.1. The number of ether oxygens (including phenoxy) is 1. The zero-order chi connectivity index (χ0) is 27.8. The molecule has 206 valence electrons. The molecule has 0 spiro atoms. The van der Waals surface area contributed by atoms with Gasteiger partial charge in [-0.05, 0) is 37.6 Å². The van der Waals surface area contributed by atoms with Crippen LogP contribution in [-0.4, -0.2) is 67.7 Å². The van der Waals surface area contributed by atoms with Crippen LogP contribution < -0.4 is 21.5 Å². The van der Waals surface area contributed by atoms with Crippen molar-refractivity contribution in [3.63, 3.8) is 0 Å². The number of aromatic nitrogens is 5. The van der Waals surface area contributed by atoms with E-state index < -0.39 is 11.2 Å². The fraction of sp³-hybridized carbons (Fsp3) is 0.333. The Morgan fingerprint density at radius 1 is 1.18 bits per heavy atom. The maximum atomic E-state index is 13.1. The summed E-state index contributed by atoms with van der Waals surface area (Å²) in [5.41, 5.74) is 2.48. The largest absolute Gasteiger partial charge is 0.377 e. The lowest BCUT2D eigenvalue weighted by molar-refractivity contribution is 0.0731. The fourth-order valence-corrected chi connectivity index (χ4v) is 5.54. The van der Waals surface area contributed by atoms with Gasteiger partial charge in [-0.15, -0.1) is 11.3 Å². The van der Waals surface area contributed by atoms with E-state index in [-0.39, 0.29) is 11.9 Å². The van der Waals surface area contributed by atoms with Crippen LogP contribution in [-0.2, 0) is 24.8 Å². The Bertz CT molecular complexity index is 1630. The SMILES string of the molecule is C[C@H]1COCCN1c1nc(-c2ccc(Nc3cc(=O)n(C)c(=O)[nH]3)cc2)nc2c1CCN(C(=O)c1nccs1)C2. The summed E-state index contributed by atoms with van der Waals surface area (Å²) in [6, 6.07) is 8.93. The molecule has 4 aromatic rings. The maximum absolute atomic E-state index is 13.1. The number of H-pyrrole nitrogens is 1. The van der Waals surface area contributed by atoms with Crippen LogP contribution in [0.5, 0.6) is 0 Å². The van der Waals surface area contributed by atoms with Crippen LogP contribution in [0.4, 0.5) is 17.3 Å². The summed E-state index contributed by atoms with van der Waals surface area (Å²) >= 11 is 1.33. The summed E-state index contributed by atoms with van der Waals surface area (Å²) in [4.78, 5) is 57.8. The van der Waals surface area contributed by atoms with Gasteiger partial charge in [0.15, 0.2) is 10.8 Å². The van der Waals surface area contributed by atoms with Crippen molar-refractivity contribution in [2.75, 3.05) is 36.5 Å². The van der Waals surface area contributed by atoms with Crippen molar-refractivity contribution in [2.24, 2.45) is 7.05 Å². The van der Waals surface area contributed by atoms with Gasteiger partial charge in [0.25, 0.3) is 11.5 Å². The number of aromatic amines is 1. The molecule has 2 aliphatic rings. The number of hydrogen-bond donors (Lipinski definition) is 2. The van der Waals surface area contributed by atoms with Crippen LogP contribution in [0.25, 0.3) is 11.4 Å². The Morgan fingerprint density at radius 2 is 2.00 bits per heavy atom. The van der Waals surface area contributed by atoms with Gasteiger partial charge in [0.1, 0.15) is 11.6 Å². The van der Waals surface area contributed by atoms with Gasteiger partial charge in [-0.2, -0.15) is 0 Å². The second kappa shape index (κ2) is 10.7. The number of rotatable bonds is 5. The molecular formula is C27H28N8O4S. The third-order valence-corrected chi connectivity index (χ3v) is 7.91. The minimum Gasteiger partial charge on any atom is -0.377 e. The molecule has 2 aliphatic heterocycles. The first-order chi connectivity index (χ1) is 19.4. The summed E-state index contributed by atoms with van der Waals surface area (Å²) < 4.78 is 6.67. The monoisotopic (exact) mass is 560 g/mol. The normalized spacial score (nSPS) is 17.0. The number of anilines is 3. The Morgan fingerprint density at radius 3 is 2.73 bits per heavy atom. The molecule has 0 aliphatic carbocycles. The molecule has 0 radical (unpaired) electrons. The molecule has 0 bridgehead atoms. The van der Waals surface area contributed by atoms with Crippen molar-refractivity contribution in [3.05, 3.63) is 79.0 Å². The first-order valence-electron chi connectivity index (χ1n) is 13.0. The molecular weight excluding hydrogens is 532 g/mol. The van der Waals surface area contributed by atoms with E-state index in [9.17, 15) is 14.4 Å². The lowest BCUT2D eigenvalue weighted by atomic mass is 10.0. The van der Waals surface area contributed by atoms with Gasteiger partial charge < -0.3 is 19.9 Å². The molecule has 0 unspecified atom stereocenters. The Labute approximate surface area is 233 Å². The van der Waals surface area contributed by atoms with E-state index in [1.54, 1.807) is 16.5 Å². The zero-order valence-corrected chi connectivity index (χ0v) is 22.9. The molecule has 1 atom stereocenters. The Hall–Kier alpha value is -4.36. The van der Waals surface area contributed by atoms with Crippen LogP contribution in [0.3, 0.4) is 0 Å². The summed E-state index contributed by atoms with van der Waals surface area (Å²) in [5, 5.41) is 5.34. The second-order valence-corrected chi connectivity index (χ2v) is 10.7. The average Bonchev–Trinajstić information content (AvgIpc) is 3.50. The number of carbonyl (C=O) groups is 1. The molecule has 40 heavy (non-hydrogen) atoms. The van der Waals surface area contributed by atoms with Crippen molar-refractivity contribution in [1.82, 2.24) is 29.4 Å². The van der Waals surface area contributed by atoms with E-state index in [0.717, 1.165) is 33.8 Å². The van der Waals surface area contributed by atoms with E-state index in [0.29, 0.717) is 55.1 Å². The number of morpholine rings is 1. The van der Waals surface area contributed by atoms with E-state index in [1.807, 2.05) is 24.3 Å². The fourth-order valence-electron chi connectivity index (χ4n) is 4.94. The topological polar surface area (TPSA) is 138 Å². The highest BCUT2D eigenvalue weighted by Crippen LogP contribution is 2.32. The molecule has 6 rings (SSSR count). The summed E-state index contributed by atoms with van der Waals surface area (Å²) in [5.74, 6) is 1.66. The lowest BCUT2D eigenvalue weighted by Crippen LogP contribution is -2.45. The highest BCUT2D eigenvalue weighted by atomic mass is 32.1. The van der Waals surface area contributed by atoms with Gasteiger partial charge >= 0.3 is 5.69 Å². The van der Waals surface area contributed by atoms with Crippen LogP contribution in [0.1, 0.15) is 28.0 Å². The number of carbonyl (C=O) groups excluding carboxylic acids is 1. The van der Waals surface area contributed by atoms with E-state index in [2.05, 4.69) is 27.1 Å². The summed E-state index contributed by atoms with van der Waals surface area (Å²) in [6.07, 6.45) is 2.30.